The summed E-state index contributed by atoms with van der Waals surface area (Å²) in [6.45, 7) is 4.78. The van der Waals surface area contributed by atoms with Gasteiger partial charge in [-0.15, -0.1) is 0 Å². The van der Waals surface area contributed by atoms with Crippen LogP contribution in [0.1, 0.15) is 46.0 Å². The predicted molar refractivity (Wildman–Crippen MR) is 115 cm³/mol. The van der Waals surface area contributed by atoms with E-state index in [-0.39, 0.29) is 17.3 Å². The van der Waals surface area contributed by atoms with Gasteiger partial charge in [0.2, 0.25) is 15.9 Å². The topological polar surface area (TPSA) is 153 Å². The Bertz CT molecular complexity index is 819. The van der Waals surface area contributed by atoms with Crippen molar-refractivity contribution in [1.82, 2.24) is 9.62 Å². The Labute approximate surface area is 182 Å². The number of amides is 1. The zero-order valence-electron chi connectivity index (χ0n) is 17.8. The molecule has 31 heavy (non-hydrogen) atoms. The average Bonchev–Trinajstić information content (AvgIpc) is 2.74. The van der Waals surface area contributed by atoms with E-state index in [9.17, 15) is 13.2 Å². The van der Waals surface area contributed by atoms with Crippen molar-refractivity contribution in [3.8, 4) is 0 Å². The summed E-state index contributed by atoms with van der Waals surface area (Å²) < 4.78 is 26.3. The highest BCUT2D eigenvalue weighted by atomic mass is 32.2. The van der Waals surface area contributed by atoms with Crippen molar-refractivity contribution in [2.24, 2.45) is 0 Å². The first-order chi connectivity index (χ1) is 14.6. The molecule has 11 heteroatoms. The van der Waals surface area contributed by atoms with E-state index in [2.05, 4.69) is 10.6 Å². The van der Waals surface area contributed by atoms with E-state index in [0.29, 0.717) is 24.8 Å². The van der Waals surface area contributed by atoms with Gasteiger partial charge in [-0.25, -0.2) is 18.0 Å². The van der Waals surface area contributed by atoms with Crippen molar-refractivity contribution in [3.63, 3.8) is 0 Å². The van der Waals surface area contributed by atoms with E-state index < -0.39 is 22.0 Å². The molecule has 1 saturated carbocycles. The number of anilines is 1. The van der Waals surface area contributed by atoms with E-state index in [1.54, 1.807) is 12.1 Å². The Morgan fingerprint density at radius 1 is 0.968 bits per heavy atom. The fraction of sp³-hybridized carbons (Fsp3) is 0.550. The Kier molecular flexibility index (Phi) is 11.2. The third kappa shape index (κ3) is 9.03. The van der Waals surface area contributed by atoms with Crippen molar-refractivity contribution in [1.29, 1.82) is 0 Å². The van der Waals surface area contributed by atoms with Crippen LogP contribution in [0.5, 0.6) is 0 Å². The smallest absolute Gasteiger partial charge is 0.414 e. The molecule has 1 aromatic rings. The normalized spacial score (nSPS) is 14.4. The Balaban J connectivity index is 0.000000703. The van der Waals surface area contributed by atoms with Gasteiger partial charge in [0.1, 0.15) is 0 Å². The third-order valence-electron chi connectivity index (χ3n) is 4.82. The second-order valence-electron chi connectivity index (χ2n) is 6.99. The molecule has 1 aromatic carbocycles. The lowest BCUT2D eigenvalue weighted by molar-refractivity contribution is -0.159. The van der Waals surface area contributed by atoms with E-state index in [0.717, 1.165) is 12.8 Å². The van der Waals surface area contributed by atoms with Crippen LogP contribution < -0.4 is 10.6 Å². The molecule has 1 aliphatic rings. The summed E-state index contributed by atoms with van der Waals surface area (Å²) in [5, 5.41) is 20.9. The van der Waals surface area contributed by atoms with Crippen LogP contribution in [0.3, 0.4) is 0 Å². The molecule has 0 spiro atoms. The Morgan fingerprint density at radius 3 is 1.94 bits per heavy atom. The number of hydrogen-bond acceptors (Lipinski definition) is 6. The molecule has 0 heterocycles. The molecule has 0 aromatic heterocycles. The van der Waals surface area contributed by atoms with Gasteiger partial charge < -0.3 is 20.8 Å². The molecule has 0 aliphatic heterocycles. The number of hydrogen-bond donors (Lipinski definition) is 4. The van der Waals surface area contributed by atoms with Crippen LogP contribution in [0.15, 0.2) is 29.2 Å². The standard InChI is InChI=1S/C18H29N3O3S.C2H2O4/c1-3-21(4-2)25(23,24)17-12-10-16(11-13-17)20-18(22)14-19-15-8-6-5-7-9-15;3-1(4)2(5)6/h10-13,15,19H,3-9,14H2,1-2H3,(H,20,22);(H,3,4)(H,5,6). The molecular weight excluding hydrogens is 426 g/mol. The van der Waals surface area contributed by atoms with E-state index in [1.807, 2.05) is 13.8 Å². The minimum absolute atomic E-state index is 0.107. The summed E-state index contributed by atoms with van der Waals surface area (Å²) in [7, 11) is -3.46. The number of carbonyl (C=O) groups is 3. The minimum Gasteiger partial charge on any atom is -0.473 e. The lowest BCUT2D eigenvalue weighted by Gasteiger charge is -2.22. The quantitative estimate of drug-likeness (QED) is 0.431. The molecule has 2 rings (SSSR count). The van der Waals surface area contributed by atoms with Gasteiger partial charge in [0.25, 0.3) is 0 Å². The number of aliphatic carboxylic acids is 2. The fourth-order valence-corrected chi connectivity index (χ4v) is 4.63. The summed E-state index contributed by atoms with van der Waals surface area (Å²) in [5.74, 6) is -3.75. The third-order valence-corrected chi connectivity index (χ3v) is 6.88. The SMILES string of the molecule is CCN(CC)S(=O)(=O)c1ccc(NC(=O)CNC2CCCCC2)cc1.O=C(O)C(=O)O. The summed E-state index contributed by atoms with van der Waals surface area (Å²) in [5.41, 5.74) is 0.606. The van der Waals surface area contributed by atoms with Gasteiger partial charge >= 0.3 is 11.9 Å². The van der Waals surface area contributed by atoms with Gasteiger partial charge in [-0.05, 0) is 37.1 Å². The molecular formula is C20H31N3O7S. The van der Waals surface area contributed by atoms with Gasteiger partial charge in [0.05, 0.1) is 11.4 Å². The highest BCUT2D eigenvalue weighted by Gasteiger charge is 2.21. The molecule has 1 fully saturated rings. The number of nitrogens with zero attached hydrogens (tertiary/aromatic N) is 1. The number of benzene rings is 1. The second-order valence-corrected chi connectivity index (χ2v) is 8.93. The molecule has 0 unspecified atom stereocenters. The van der Waals surface area contributed by atoms with E-state index in [1.165, 1.54) is 35.7 Å². The summed E-state index contributed by atoms with van der Waals surface area (Å²) in [6, 6.07) is 6.78. The fourth-order valence-electron chi connectivity index (χ4n) is 3.17. The van der Waals surface area contributed by atoms with Crippen molar-refractivity contribution in [2.45, 2.75) is 56.9 Å². The zero-order valence-corrected chi connectivity index (χ0v) is 18.7. The number of nitrogens with one attached hydrogen (secondary N) is 2. The van der Waals surface area contributed by atoms with Gasteiger partial charge in [0.15, 0.2) is 0 Å². The molecule has 0 atom stereocenters. The van der Waals surface area contributed by atoms with Gasteiger partial charge in [-0.3, -0.25) is 4.79 Å². The number of carbonyl (C=O) groups excluding carboxylic acids is 1. The van der Waals surface area contributed by atoms with Crippen molar-refractivity contribution < 1.29 is 33.0 Å². The molecule has 10 nitrogen and oxygen atoms in total. The second kappa shape index (κ2) is 13.0. The monoisotopic (exact) mass is 457 g/mol. The summed E-state index contributed by atoms with van der Waals surface area (Å²) in [4.78, 5) is 30.5. The number of carboxylic acids is 2. The Morgan fingerprint density at radius 2 is 1.48 bits per heavy atom. The highest BCUT2D eigenvalue weighted by Crippen LogP contribution is 2.19. The van der Waals surface area contributed by atoms with E-state index in [4.69, 9.17) is 19.8 Å². The molecule has 0 bridgehead atoms. The molecule has 174 valence electrons. The predicted octanol–water partition coefficient (Wildman–Crippen LogP) is 1.73. The lowest BCUT2D eigenvalue weighted by atomic mass is 9.95. The van der Waals surface area contributed by atoms with Crippen molar-refractivity contribution in [2.75, 3.05) is 25.0 Å². The lowest BCUT2D eigenvalue weighted by Crippen LogP contribution is -2.37. The summed E-state index contributed by atoms with van der Waals surface area (Å²) >= 11 is 0. The number of rotatable bonds is 8. The maximum Gasteiger partial charge on any atom is 0.414 e. The van der Waals surface area contributed by atoms with E-state index >= 15 is 0 Å². The summed E-state index contributed by atoms with van der Waals surface area (Å²) in [6.07, 6.45) is 5.99. The molecule has 1 amide bonds. The molecule has 0 radical (unpaired) electrons. The van der Waals surface area contributed by atoms with Gasteiger partial charge in [0, 0.05) is 24.8 Å². The minimum atomic E-state index is -3.46. The van der Waals surface area contributed by atoms with Crippen LogP contribution >= 0.6 is 0 Å². The molecule has 1 aliphatic carbocycles. The van der Waals surface area contributed by atoms with Crippen molar-refractivity contribution in [3.05, 3.63) is 24.3 Å². The number of carboxylic acid groups (broad SMARTS) is 2. The maximum absolute atomic E-state index is 12.4. The largest absolute Gasteiger partial charge is 0.473 e. The van der Waals surface area contributed by atoms with Crippen LogP contribution in [0, 0.1) is 0 Å². The maximum atomic E-state index is 12.4. The molecule has 4 N–H and O–H groups in total. The number of sulfonamides is 1. The van der Waals surface area contributed by atoms with Crippen LogP contribution in [0.2, 0.25) is 0 Å². The van der Waals surface area contributed by atoms with Crippen LogP contribution in [-0.2, 0) is 24.4 Å². The first-order valence-corrected chi connectivity index (χ1v) is 11.6. The Hall–Kier alpha value is -2.50. The van der Waals surface area contributed by atoms with Crippen LogP contribution in [0.25, 0.3) is 0 Å². The van der Waals surface area contributed by atoms with Crippen LogP contribution in [0.4, 0.5) is 5.69 Å². The highest BCUT2D eigenvalue weighted by molar-refractivity contribution is 7.89. The van der Waals surface area contributed by atoms with Crippen LogP contribution in [-0.4, -0.2) is 66.5 Å². The van der Waals surface area contributed by atoms with Gasteiger partial charge in [-0.1, -0.05) is 33.1 Å². The zero-order chi connectivity index (χ0) is 23.4. The molecule has 0 saturated heterocycles. The van der Waals surface area contributed by atoms with Gasteiger partial charge in [-0.2, -0.15) is 4.31 Å². The van der Waals surface area contributed by atoms with Crippen molar-refractivity contribution >= 4 is 33.6 Å². The first-order valence-electron chi connectivity index (χ1n) is 10.2. The first kappa shape index (κ1) is 26.5. The average molecular weight is 458 g/mol.